The molecule has 3 aromatic rings. The average molecular weight is 522 g/mol. The Morgan fingerprint density at radius 3 is 2.41 bits per heavy atom. The van der Waals surface area contributed by atoms with Crippen molar-refractivity contribution in [2.75, 3.05) is 5.75 Å². The molecule has 1 aliphatic carbocycles. The van der Waals surface area contributed by atoms with Gasteiger partial charge in [-0.25, -0.2) is 9.37 Å². The van der Waals surface area contributed by atoms with Gasteiger partial charge in [0, 0.05) is 22.7 Å². The molecule has 0 saturated heterocycles. The summed E-state index contributed by atoms with van der Waals surface area (Å²) in [5, 5.41) is 16.0. The fourth-order valence-electron chi connectivity index (χ4n) is 4.73. The molecule has 1 aliphatic heterocycles. The molecule has 192 valence electrons. The molecule has 0 unspecified atom stereocenters. The van der Waals surface area contributed by atoms with Gasteiger partial charge >= 0.3 is 0 Å². The second-order valence-electron chi connectivity index (χ2n) is 9.49. The van der Waals surface area contributed by atoms with Gasteiger partial charge in [-0.2, -0.15) is 0 Å². The summed E-state index contributed by atoms with van der Waals surface area (Å²) < 4.78 is 19.9. The summed E-state index contributed by atoms with van der Waals surface area (Å²) in [6.07, 6.45) is 4.69. The Morgan fingerprint density at radius 1 is 1.00 bits per heavy atom. The Bertz CT molecular complexity index is 1340. The van der Waals surface area contributed by atoms with Crippen molar-refractivity contribution in [1.29, 1.82) is 0 Å². The monoisotopic (exact) mass is 521 g/mol. The van der Waals surface area contributed by atoms with Crippen LogP contribution in [0, 0.1) is 12.7 Å². The van der Waals surface area contributed by atoms with Crippen LogP contribution in [0.5, 0.6) is 17.4 Å². The summed E-state index contributed by atoms with van der Waals surface area (Å²) in [6.45, 7) is 1.85. The lowest BCUT2D eigenvalue weighted by Gasteiger charge is -2.30. The van der Waals surface area contributed by atoms with Crippen molar-refractivity contribution in [2.24, 2.45) is 0 Å². The zero-order valence-corrected chi connectivity index (χ0v) is 21.2. The van der Waals surface area contributed by atoms with E-state index in [-0.39, 0.29) is 40.7 Å². The van der Waals surface area contributed by atoms with E-state index in [1.807, 2.05) is 25.1 Å². The van der Waals surface area contributed by atoms with E-state index in [9.17, 15) is 19.1 Å². The molecule has 1 aromatic heterocycles. The number of carbonyl (C=O) groups is 2. The molecule has 2 heterocycles. The van der Waals surface area contributed by atoms with Gasteiger partial charge < -0.3 is 20.5 Å². The fourth-order valence-corrected chi connectivity index (χ4v) is 5.83. The van der Waals surface area contributed by atoms with E-state index in [2.05, 4.69) is 15.6 Å². The van der Waals surface area contributed by atoms with Gasteiger partial charge in [-0.05, 0) is 80.5 Å². The lowest BCUT2D eigenvalue weighted by Crippen LogP contribution is -2.43. The first-order valence-corrected chi connectivity index (χ1v) is 13.3. The van der Waals surface area contributed by atoms with Crippen molar-refractivity contribution in [2.45, 2.75) is 56.0 Å². The van der Waals surface area contributed by atoms with Gasteiger partial charge in [-0.3, -0.25) is 9.59 Å². The lowest BCUT2D eigenvalue weighted by molar-refractivity contribution is 0.0888. The van der Waals surface area contributed by atoms with E-state index < -0.39 is 11.7 Å². The minimum Gasteiger partial charge on any atom is -0.507 e. The smallest absolute Gasteiger partial charge is 0.257 e. The number of aromatic hydroxyl groups is 1. The van der Waals surface area contributed by atoms with E-state index in [1.165, 1.54) is 5.56 Å². The minimum atomic E-state index is -0.618. The maximum Gasteiger partial charge on any atom is 0.257 e. The van der Waals surface area contributed by atoms with Crippen LogP contribution in [0.4, 0.5) is 4.39 Å². The Kier molecular flexibility index (Phi) is 7.32. The molecule has 3 N–H and O–H groups in total. The maximum absolute atomic E-state index is 14.0. The van der Waals surface area contributed by atoms with Crippen LogP contribution < -0.4 is 15.4 Å². The molecule has 2 amide bonds. The van der Waals surface area contributed by atoms with Crippen LogP contribution in [0.2, 0.25) is 0 Å². The summed E-state index contributed by atoms with van der Waals surface area (Å²) in [5.74, 6) is 0.211. The first-order valence-electron chi connectivity index (χ1n) is 12.4. The van der Waals surface area contributed by atoms with E-state index in [4.69, 9.17) is 4.74 Å². The van der Waals surface area contributed by atoms with Crippen molar-refractivity contribution in [3.05, 3.63) is 76.7 Å². The number of hydrogen-bond donors (Lipinski definition) is 3. The number of ether oxygens (including phenoxy) is 1. The number of nitrogens with zero attached hydrogens (tertiary/aromatic N) is 1. The van der Waals surface area contributed by atoms with Crippen LogP contribution in [0.15, 0.2) is 53.6 Å². The molecule has 2 aliphatic rings. The first kappa shape index (κ1) is 25.1. The standard InChI is InChI=1S/C28H28FN3O4S/c1-16-2-9-22(24(33)12-16)26(34)31-19-4-6-20(7-5-19)32-27(35)23-13-18(29)15-30-28(23)36-21-8-3-17-10-11-37-25(17)14-21/h2-3,8-9,12-15,19-20,33H,4-7,10-11H2,1H3,(H,31,34)(H,32,35)/t19-,20+. The normalized spacial score (nSPS) is 18.6. The van der Waals surface area contributed by atoms with Crippen LogP contribution >= 0.6 is 11.8 Å². The highest BCUT2D eigenvalue weighted by Crippen LogP contribution is 2.35. The third kappa shape index (κ3) is 5.88. The average Bonchev–Trinajstić information content (AvgIpc) is 3.34. The van der Waals surface area contributed by atoms with Gasteiger partial charge in [-0.15, -0.1) is 11.8 Å². The third-order valence-electron chi connectivity index (χ3n) is 6.74. The molecule has 0 radical (unpaired) electrons. The number of aryl methyl sites for hydroxylation is 2. The lowest BCUT2D eigenvalue weighted by atomic mass is 9.90. The van der Waals surface area contributed by atoms with Crippen LogP contribution in [0.3, 0.4) is 0 Å². The number of thioether (sulfide) groups is 1. The highest BCUT2D eigenvalue weighted by atomic mass is 32.2. The minimum absolute atomic E-state index is 0.0402. The topological polar surface area (TPSA) is 101 Å². The van der Waals surface area contributed by atoms with Gasteiger partial charge in [0.1, 0.15) is 22.9 Å². The van der Waals surface area contributed by atoms with Gasteiger partial charge in [0.2, 0.25) is 5.88 Å². The van der Waals surface area contributed by atoms with Crippen LogP contribution in [0.1, 0.15) is 57.5 Å². The van der Waals surface area contributed by atoms with E-state index in [0.29, 0.717) is 31.4 Å². The number of rotatable bonds is 6. The number of aromatic nitrogens is 1. The quantitative estimate of drug-likeness (QED) is 0.415. The van der Waals surface area contributed by atoms with Crippen molar-refractivity contribution < 1.29 is 23.8 Å². The summed E-state index contributed by atoms with van der Waals surface area (Å²) in [6, 6.07) is 11.7. The zero-order valence-electron chi connectivity index (χ0n) is 20.4. The molecule has 7 nitrogen and oxygen atoms in total. The van der Waals surface area contributed by atoms with Crippen molar-refractivity contribution in [3.63, 3.8) is 0 Å². The maximum atomic E-state index is 14.0. The second-order valence-corrected chi connectivity index (χ2v) is 10.6. The first-order chi connectivity index (χ1) is 17.9. The SMILES string of the molecule is Cc1ccc(C(=O)N[C@H]2CC[C@@H](NC(=O)c3cc(F)cnc3Oc3ccc4c(c3)SCC4)CC2)c(O)c1. The Balaban J connectivity index is 1.19. The molecule has 5 rings (SSSR count). The Hall–Kier alpha value is -3.59. The summed E-state index contributed by atoms with van der Waals surface area (Å²) in [4.78, 5) is 30.8. The predicted molar refractivity (Wildman–Crippen MR) is 139 cm³/mol. The molecule has 9 heteroatoms. The van der Waals surface area contributed by atoms with Crippen molar-refractivity contribution in [3.8, 4) is 17.4 Å². The third-order valence-corrected chi connectivity index (χ3v) is 7.84. The number of amides is 2. The number of phenolic OH excluding ortho intramolecular Hbond substituents is 1. The van der Waals surface area contributed by atoms with Crippen LogP contribution in [-0.4, -0.2) is 39.7 Å². The van der Waals surface area contributed by atoms with E-state index in [1.54, 1.807) is 30.0 Å². The van der Waals surface area contributed by atoms with Crippen LogP contribution in [-0.2, 0) is 6.42 Å². The van der Waals surface area contributed by atoms with Crippen molar-refractivity contribution >= 4 is 23.6 Å². The number of benzene rings is 2. The number of carbonyl (C=O) groups excluding carboxylic acids is 2. The molecule has 0 atom stereocenters. The van der Waals surface area contributed by atoms with E-state index in [0.717, 1.165) is 34.9 Å². The van der Waals surface area contributed by atoms with Crippen molar-refractivity contribution in [1.82, 2.24) is 15.6 Å². The van der Waals surface area contributed by atoms with Gasteiger partial charge in [-0.1, -0.05) is 12.1 Å². The van der Waals surface area contributed by atoms with Crippen LogP contribution in [0.25, 0.3) is 0 Å². The molecule has 1 fully saturated rings. The number of nitrogens with one attached hydrogen (secondary N) is 2. The summed E-state index contributed by atoms with van der Waals surface area (Å²) in [7, 11) is 0. The molecule has 1 saturated carbocycles. The summed E-state index contributed by atoms with van der Waals surface area (Å²) in [5.41, 5.74) is 2.43. The second kappa shape index (κ2) is 10.8. The zero-order chi connectivity index (χ0) is 25.9. The molecule has 2 aromatic carbocycles. The Labute approximate surface area is 218 Å². The van der Waals surface area contributed by atoms with Gasteiger partial charge in [0.25, 0.3) is 11.8 Å². The molecular weight excluding hydrogens is 493 g/mol. The Morgan fingerprint density at radius 2 is 1.70 bits per heavy atom. The molecule has 37 heavy (non-hydrogen) atoms. The predicted octanol–water partition coefficient (Wildman–Crippen LogP) is 5.15. The fraction of sp³-hybridized carbons (Fsp3) is 0.321. The number of pyridine rings is 1. The van der Waals surface area contributed by atoms with Gasteiger partial charge in [0.15, 0.2) is 0 Å². The number of fused-ring (bicyclic) bond motifs is 1. The van der Waals surface area contributed by atoms with E-state index >= 15 is 0 Å². The number of phenols is 1. The molecule has 0 spiro atoms. The number of hydrogen-bond acceptors (Lipinski definition) is 6. The number of halogens is 1. The molecular formula is C28H28FN3O4S. The van der Waals surface area contributed by atoms with Gasteiger partial charge in [0.05, 0.1) is 11.8 Å². The highest BCUT2D eigenvalue weighted by Gasteiger charge is 2.26. The molecule has 0 bridgehead atoms. The summed E-state index contributed by atoms with van der Waals surface area (Å²) >= 11 is 1.75. The largest absolute Gasteiger partial charge is 0.507 e. The highest BCUT2D eigenvalue weighted by molar-refractivity contribution is 7.99.